The van der Waals surface area contributed by atoms with Gasteiger partial charge in [-0.25, -0.2) is 4.98 Å². The SMILES string of the molecule is Cc1cccc(Cc2ncn[nH]2)c1. The summed E-state index contributed by atoms with van der Waals surface area (Å²) < 4.78 is 0. The van der Waals surface area contributed by atoms with Crippen LogP contribution in [0.4, 0.5) is 0 Å². The Morgan fingerprint density at radius 1 is 1.38 bits per heavy atom. The number of hydrogen-bond donors (Lipinski definition) is 1. The van der Waals surface area contributed by atoms with Crippen molar-refractivity contribution in [2.24, 2.45) is 0 Å². The van der Waals surface area contributed by atoms with Gasteiger partial charge in [0.15, 0.2) is 0 Å². The van der Waals surface area contributed by atoms with Crippen molar-refractivity contribution in [2.75, 3.05) is 0 Å². The summed E-state index contributed by atoms with van der Waals surface area (Å²) in [5, 5.41) is 6.65. The Morgan fingerprint density at radius 2 is 2.31 bits per heavy atom. The first kappa shape index (κ1) is 7.98. The Bertz CT molecular complexity index is 379. The fourth-order valence-electron chi connectivity index (χ4n) is 1.33. The summed E-state index contributed by atoms with van der Waals surface area (Å²) in [5.74, 6) is 0.908. The highest BCUT2D eigenvalue weighted by Crippen LogP contribution is 2.07. The highest BCUT2D eigenvalue weighted by molar-refractivity contribution is 5.24. The van der Waals surface area contributed by atoms with Gasteiger partial charge in [0, 0.05) is 6.42 Å². The average Bonchev–Trinajstić information content (AvgIpc) is 2.57. The predicted molar refractivity (Wildman–Crippen MR) is 50.4 cm³/mol. The Balaban J connectivity index is 2.19. The van der Waals surface area contributed by atoms with Gasteiger partial charge in [-0.1, -0.05) is 29.8 Å². The quantitative estimate of drug-likeness (QED) is 0.751. The Labute approximate surface area is 76.8 Å². The minimum absolute atomic E-state index is 0.821. The van der Waals surface area contributed by atoms with Crippen LogP contribution in [0.25, 0.3) is 0 Å². The van der Waals surface area contributed by atoms with Gasteiger partial charge < -0.3 is 0 Å². The molecule has 2 rings (SSSR count). The van der Waals surface area contributed by atoms with Crippen molar-refractivity contribution in [1.82, 2.24) is 15.2 Å². The van der Waals surface area contributed by atoms with E-state index in [9.17, 15) is 0 Å². The summed E-state index contributed by atoms with van der Waals surface area (Å²) in [6.45, 7) is 2.09. The number of hydrogen-bond acceptors (Lipinski definition) is 2. The van der Waals surface area contributed by atoms with Crippen LogP contribution in [0, 0.1) is 6.92 Å². The molecule has 1 heterocycles. The second kappa shape index (κ2) is 3.39. The second-order valence-corrected chi connectivity index (χ2v) is 3.10. The molecule has 0 aliphatic rings. The van der Waals surface area contributed by atoms with Crippen molar-refractivity contribution in [3.8, 4) is 0 Å². The zero-order valence-corrected chi connectivity index (χ0v) is 7.49. The van der Waals surface area contributed by atoms with E-state index in [1.165, 1.54) is 17.5 Å². The maximum absolute atomic E-state index is 4.07. The molecule has 0 amide bonds. The highest BCUT2D eigenvalue weighted by Gasteiger charge is 1.97. The van der Waals surface area contributed by atoms with Crippen molar-refractivity contribution in [3.63, 3.8) is 0 Å². The van der Waals surface area contributed by atoms with Crippen LogP contribution in [0.15, 0.2) is 30.6 Å². The molecule has 0 aliphatic heterocycles. The third kappa shape index (κ3) is 1.93. The number of nitrogens with one attached hydrogen (secondary N) is 1. The van der Waals surface area contributed by atoms with Gasteiger partial charge in [0.25, 0.3) is 0 Å². The first-order chi connectivity index (χ1) is 6.34. The summed E-state index contributed by atoms with van der Waals surface area (Å²) in [7, 11) is 0. The summed E-state index contributed by atoms with van der Waals surface area (Å²) in [6.07, 6.45) is 2.35. The van der Waals surface area contributed by atoms with Crippen molar-refractivity contribution in [2.45, 2.75) is 13.3 Å². The van der Waals surface area contributed by atoms with E-state index in [1.54, 1.807) is 0 Å². The number of aryl methyl sites for hydroxylation is 1. The van der Waals surface area contributed by atoms with E-state index < -0.39 is 0 Å². The minimum atomic E-state index is 0.821. The van der Waals surface area contributed by atoms with E-state index in [-0.39, 0.29) is 0 Å². The highest BCUT2D eigenvalue weighted by atomic mass is 15.2. The van der Waals surface area contributed by atoms with E-state index in [1.807, 2.05) is 0 Å². The number of nitrogens with zero attached hydrogens (tertiary/aromatic N) is 2. The monoisotopic (exact) mass is 173 g/mol. The van der Waals surface area contributed by atoms with E-state index in [0.29, 0.717) is 0 Å². The van der Waals surface area contributed by atoms with Crippen molar-refractivity contribution in [3.05, 3.63) is 47.5 Å². The third-order valence-corrected chi connectivity index (χ3v) is 1.92. The molecule has 66 valence electrons. The lowest BCUT2D eigenvalue weighted by Crippen LogP contribution is -1.90. The van der Waals surface area contributed by atoms with Crippen LogP contribution in [0.1, 0.15) is 17.0 Å². The Morgan fingerprint density at radius 3 is 3.00 bits per heavy atom. The molecule has 1 N–H and O–H groups in total. The van der Waals surface area contributed by atoms with Gasteiger partial charge in [-0.3, -0.25) is 5.10 Å². The summed E-state index contributed by atoms with van der Waals surface area (Å²) >= 11 is 0. The molecule has 3 heteroatoms. The Kier molecular flexibility index (Phi) is 2.08. The van der Waals surface area contributed by atoms with E-state index in [2.05, 4.69) is 46.4 Å². The maximum atomic E-state index is 4.07. The number of benzene rings is 1. The van der Waals surface area contributed by atoms with Gasteiger partial charge in [-0.05, 0) is 12.5 Å². The molecule has 0 atom stereocenters. The first-order valence-electron chi connectivity index (χ1n) is 4.24. The minimum Gasteiger partial charge on any atom is -0.263 e. The van der Waals surface area contributed by atoms with Crippen LogP contribution in [0.2, 0.25) is 0 Å². The summed E-state index contributed by atoms with van der Waals surface area (Å²) in [5.41, 5.74) is 2.54. The van der Waals surface area contributed by atoms with Crippen LogP contribution in [-0.4, -0.2) is 15.2 Å². The molecular weight excluding hydrogens is 162 g/mol. The standard InChI is InChI=1S/C10H11N3/c1-8-3-2-4-9(5-8)6-10-11-7-12-13-10/h2-5,7H,6H2,1H3,(H,11,12,13). The molecule has 1 aromatic heterocycles. The van der Waals surface area contributed by atoms with Gasteiger partial charge in [0.1, 0.15) is 12.2 Å². The van der Waals surface area contributed by atoms with Gasteiger partial charge in [0.05, 0.1) is 0 Å². The maximum Gasteiger partial charge on any atom is 0.137 e. The molecule has 0 saturated carbocycles. The van der Waals surface area contributed by atoms with E-state index in [0.717, 1.165) is 12.2 Å². The third-order valence-electron chi connectivity index (χ3n) is 1.92. The number of aromatic nitrogens is 3. The van der Waals surface area contributed by atoms with Gasteiger partial charge in [-0.2, -0.15) is 5.10 Å². The lowest BCUT2D eigenvalue weighted by atomic mass is 10.1. The lowest BCUT2D eigenvalue weighted by molar-refractivity contribution is 0.971. The number of aromatic amines is 1. The molecular formula is C10H11N3. The topological polar surface area (TPSA) is 41.6 Å². The zero-order valence-electron chi connectivity index (χ0n) is 7.49. The molecule has 13 heavy (non-hydrogen) atoms. The normalized spacial score (nSPS) is 10.2. The van der Waals surface area contributed by atoms with Gasteiger partial charge >= 0.3 is 0 Å². The Hall–Kier alpha value is -1.64. The van der Waals surface area contributed by atoms with Crippen LogP contribution in [0.3, 0.4) is 0 Å². The van der Waals surface area contributed by atoms with Crippen molar-refractivity contribution >= 4 is 0 Å². The zero-order chi connectivity index (χ0) is 9.10. The molecule has 2 aromatic rings. The number of H-pyrrole nitrogens is 1. The predicted octanol–water partition coefficient (Wildman–Crippen LogP) is 1.70. The molecule has 0 bridgehead atoms. The lowest BCUT2D eigenvalue weighted by Gasteiger charge is -1.98. The summed E-state index contributed by atoms with van der Waals surface area (Å²) in [4.78, 5) is 4.07. The fraction of sp³-hybridized carbons (Fsp3) is 0.200. The van der Waals surface area contributed by atoms with Gasteiger partial charge in [0.2, 0.25) is 0 Å². The average molecular weight is 173 g/mol. The molecule has 0 radical (unpaired) electrons. The molecule has 0 spiro atoms. The largest absolute Gasteiger partial charge is 0.263 e. The fourth-order valence-corrected chi connectivity index (χ4v) is 1.33. The van der Waals surface area contributed by atoms with E-state index in [4.69, 9.17) is 0 Å². The van der Waals surface area contributed by atoms with E-state index >= 15 is 0 Å². The van der Waals surface area contributed by atoms with Crippen molar-refractivity contribution in [1.29, 1.82) is 0 Å². The van der Waals surface area contributed by atoms with Crippen LogP contribution in [-0.2, 0) is 6.42 Å². The molecule has 0 fully saturated rings. The van der Waals surface area contributed by atoms with Crippen LogP contribution >= 0.6 is 0 Å². The molecule has 1 aromatic carbocycles. The summed E-state index contributed by atoms with van der Waals surface area (Å²) in [6, 6.07) is 8.39. The molecule has 0 saturated heterocycles. The van der Waals surface area contributed by atoms with Crippen LogP contribution < -0.4 is 0 Å². The van der Waals surface area contributed by atoms with Gasteiger partial charge in [-0.15, -0.1) is 0 Å². The first-order valence-corrected chi connectivity index (χ1v) is 4.24. The van der Waals surface area contributed by atoms with Crippen molar-refractivity contribution < 1.29 is 0 Å². The molecule has 0 aliphatic carbocycles. The molecule has 3 nitrogen and oxygen atoms in total. The molecule has 0 unspecified atom stereocenters. The smallest absolute Gasteiger partial charge is 0.137 e. The second-order valence-electron chi connectivity index (χ2n) is 3.10. The number of rotatable bonds is 2. The van der Waals surface area contributed by atoms with Crippen LogP contribution in [0.5, 0.6) is 0 Å².